The van der Waals surface area contributed by atoms with Crippen LogP contribution in [-0.4, -0.2) is 31.1 Å². The van der Waals surface area contributed by atoms with E-state index in [1.54, 1.807) is 30.0 Å². The van der Waals surface area contributed by atoms with Gasteiger partial charge in [-0.1, -0.05) is 32.0 Å². The predicted molar refractivity (Wildman–Crippen MR) is 84.4 cm³/mol. The van der Waals surface area contributed by atoms with Gasteiger partial charge in [0.1, 0.15) is 0 Å². The molecule has 0 spiro atoms. The summed E-state index contributed by atoms with van der Waals surface area (Å²) in [7, 11) is -3.59. The molecule has 1 aromatic rings. The second-order valence-electron chi connectivity index (χ2n) is 4.68. The number of aliphatic hydroxyl groups excluding tert-OH is 1. The van der Waals surface area contributed by atoms with Crippen molar-refractivity contribution < 1.29 is 13.5 Å². The van der Waals surface area contributed by atoms with Crippen LogP contribution in [0.4, 0.5) is 0 Å². The molecule has 0 aromatic heterocycles. The van der Waals surface area contributed by atoms with Gasteiger partial charge in [0.2, 0.25) is 10.0 Å². The fraction of sp³-hybridized carbons (Fsp3) is 0.571. The van der Waals surface area contributed by atoms with E-state index in [-0.39, 0.29) is 16.2 Å². The Balaban J connectivity index is 2.96. The first kappa shape index (κ1) is 17.5. The number of nitrogens with one attached hydrogen (secondary N) is 1. The molecular weight excluding hydrogens is 294 g/mol. The molecule has 0 heterocycles. The molecule has 1 rings (SSSR count). The van der Waals surface area contributed by atoms with E-state index in [0.717, 1.165) is 12.8 Å². The summed E-state index contributed by atoms with van der Waals surface area (Å²) in [5.74, 6) is 0. The van der Waals surface area contributed by atoms with Crippen LogP contribution in [0, 0.1) is 0 Å². The summed E-state index contributed by atoms with van der Waals surface area (Å²) in [6.45, 7) is 4.24. The van der Waals surface area contributed by atoms with Gasteiger partial charge in [-0.25, -0.2) is 13.1 Å². The van der Waals surface area contributed by atoms with E-state index in [9.17, 15) is 13.5 Å². The lowest BCUT2D eigenvalue weighted by Gasteiger charge is -2.29. The third-order valence-corrected chi connectivity index (χ3v) is 6.83. The Morgan fingerprint density at radius 1 is 1.25 bits per heavy atom. The number of rotatable bonds is 8. The molecule has 0 saturated carbocycles. The molecule has 0 unspecified atom stereocenters. The molecule has 0 aliphatic rings. The molecule has 0 amide bonds. The minimum atomic E-state index is -3.59. The van der Waals surface area contributed by atoms with Gasteiger partial charge in [0.05, 0.1) is 11.5 Å². The summed E-state index contributed by atoms with van der Waals surface area (Å²) in [6, 6.07) is 6.52. The largest absolute Gasteiger partial charge is 0.392 e. The van der Waals surface area contributed by atoms with E-state index in [1.165, 1.54) is 6.07 Å². The second kappa shape index (κ2) is 7.45. The number of benzene rings is 1. The topological polar surface area (TPSA) is 66.4 Å². The minimum absolute atomic E-state index is 0.0821. The van der Waals surface area contributed by atoms with Crippen LogP contribution in [0.1, 0.15) is 32.3 Å². The van der Waals surface area contributed by atoms with Gasteiger partial charge >= 0.3 is 0 Å². The Hall–Kier alpha value is -0.560. The molecule has 0 aliphatic carbocycles. The fourth-order valence-corrected chi connectivity index (χ4v) is 4.30. The summed E-state index contributed by atoms with van der Waals surface area (Å²) in [5, 5.41) is 9.25. The third-order valence-electron chi connectivity index (χ3n) is 3.74. The lowest BCUT2D eigenvalue weighted by molar-refractivity contribution is 0.278. The van der Waals surface area contributed by atoms with Gasteiger partial charge in [-0.15, -0.1) is 0 Å². The highest BCUT2D eigenvalue weighted by Crippen LogP contribution is 2.30. The van der Waals surface area contributed by atoms with Gasteiger partial charge in [-0.2, -0.15) is 11.8 Å². The maximum absolute atomic E-state index is 12.4. The Morgan fingerprint density at radius 3 is 2.35 bits per heavy atom. The molecule has 1 aromatic carbocycles. The smallest absolute Gasteiger partial charge is 0.240 e. The summed E-state index contributed by atoms with van der Waals surface area (Å²) < 4.78 is 27.4. The first-order chi connectivity index (χ1) is 9.44. The van der Waals surface area contributed by atoms with Crippen molar-refractivity contribution in [1.82, 2.24) is 4.72 Å². The molecule has 0 fully saturated rings. The highest BCUT2D eigenvalue weighted by Gasteiger charge is 2.28. The first-order valence-electron chi connectivity index (χ1n) is 6.68. The van der Waals surface area contributed by atoms with Crippen LogP contribution in [0.3, 0.4) is 0 Å². The number of aliphatic hydroxyl groups is 1. The van der Waals surface area contributed by atoms with Crippen molar-refractivity contribution in [2.24, 2.45) is 0 Å². The maximum Gasteiger partial charge on any atom is 0.240 e. The monoisotopic (exact) mass is 317 g/mol. The lowest BCUT2D eigenvalue weighted by atomic mass is 10.0. The predicted octanol–water partition coefficient (Wildman–Crippen LogP) is 2.38. The number of hydrogen-bond acceptors (Lipinski definition) is 4. The highest BCUT2D eigenvalue weighted by atomic mass is 32.2. The molecule has 6 heteroatoms. The average Bonchev–Trinajstić information content (AvgIpc) is 2.49. The van der Waals surface area contributed by atoms with Crippen molar-refractivity contribution >= 4 is 21.8 Å². The van der Waals surface area contributed by atoms with E-state index in [4.69, 9.17) is 0 Å². The lowest BCUT2D eigenvalue weighted by Crippen LogP contribution is -2.39. The number of thioether (sulfide) groups is 1. The molecule has 2 N–H and O–H groups in total. The van der Waals surface area contributed by atoms with Crippen LogP contribution in [0.5, 0.6) is 0 Å². The average molecular weight is 317 g/mol. The molecule has 0 saturated heterocycles. The molecule has 0 radical (unpaired) electrons. The van der Waals surface area contributed by atoms with Crippen LogP contribution < -0.4 is 4.72 Å². The summed E-state index contributed by atoms with van der Waals surface area (Å²) in [4.78, 5) is 0.157. The molecule has 0 atom stereocenters. The standard InChI is InChI=1S/C14H23NO3S2/c1-4-14(5-2,19-3)11-15-20(17,18)13-9-7-6-8-12(13)10-16/h6-9,15-16H,4-5,10-11H2,1-3H3. The van der Waals surface area contributed by atoms with Gasteiger partial charge in [-0.05, 0) is 30.7 Å². The number of sulfonamides is 1. The SMILES string of the molecule is CCC(CC)(CNS(=O)(=O)c1ccccc1CO)SC. The van der Waals surface area contributed by atoms with Crippen molar-refractivity contribution in [2.45, 2.75) is 42.9 Å². The number of hydrogen-bond donors (Lipinski definition) is 2. The Labute approximate surface area is 126 Å². The molecule has 0 aliphatic heterocycles. The van der Waals surface area contributed by atoms with E-state index < -0.39 is 10.0 Å². The maximum atomic E-state index is 12.4. The van der Waals surface area contributed by atoms with E-state index in [1.807, 2.05) is 6.26 Å². The summed E-state index contributed by atoms with van der Waals surface area (Å²) >= 11 is 1.69. The molecule has 0 bridgehead atoms. The van der Waals surface area contributed by atoms with Gasteiger partial charge < -0.3 is 5.11 Å². The zero-order valence-corrected chi connectivity index (χ0v) is 13.9. The molecule has 20 heavy (non-hydrogen) atoms. The zero-order valence-electron chi connectivity index (χ0n) is 12.2. The Bertz CT molecular complexity index is 517. The van der Waals surface area contributed by atoms with Gasteiger partial charge in [-0.3, -0.25) is 0 Å². The summed E-state index contributed by atoms with van der Waals surface area (Å²) in [6.07, 6.45) is 3.80. The summed E-state index contributed by atoms with van der Waals surface area (Å²) in [5.41, 5.74) is 0.419. The highest BCUT2D eigenvalue weighted by molar-refractivity contribution is 8.00. The van der Waals surface area contributed by atoms with Crippen LogP contribution >= 0.6 is 11.8 Å². The van der Waals surface area contributed by atoms with Gasteiger partial charge in [0.15, 0.2) is 0 Å². The quantitative estimate of drug-likeness (QED) is 0.772. The minimum Gasteiger partial charge on any atom is -0.392 e. The van der Waals surface area contributed by atoms with E-state index >= 15 is 0 Å². The van der Waals surface area contributed by atoms with Crippen molar-refractivity contribution in [3.63, 3.8) is 0 Å². The zero-order chi connectivity index (χ0) is 15.2. The van der Waals surface area contributed by atoms with Crippen LogP contribution in [0.25, 0.3) is 0 Å². The van der Waals surface area contributed by atoms with Crippen LogP contribution in [0.15, 0.2) is 29.2 Å². The van der Waals surface area contributed by atoms with Crippen LogP contribution in [-0.2, 0) is 16.6 Å². The third kappa shape index (κ3) is 3.97. The van der Waals surface area contributed by atoms with Crippen molar-refractivity contribution in [1.29, 1.82) is 0 Å². The van der Waals surface area contributed by atoms with Crippen molar-refractivity contribution in [3.05, 3.63) is 29.8 Å². The van der Waals surface area contributed by atoms with Gasteiger partial charge in [0.25, 0.3) is 0 Å². The first-order valence-corrected chi connectivity index (χ1v) is 9.39. The Kier molecular flexibility index (Phi) is 6.51. The molecule has 114 valence electrons. The second-order valence-corrected chi connectivity index (χ2v) is 7.69. The molecule has 4 nitrogen and oxygen atoms in total. The molecular formula is C14H23NO3S2. The van der Waals surface area contributed by atoms with Crippen LogP contribution in [0.2, 0.25) is 0 Å². The Morgan fingerprint density at radius 2 is 1.85 bits per heavy atom. The fourth-order valence-electron chi connectivity index (χ4n) is 2.06. The normalized spacial score (nSPS) is 12.6. The van der Waals surface area contributed by atoms with E-state index in [0.29, 0.717) is 12.1 Å². The van der Waals surface area contributed by atoms with E-state index in [2.05, 4.69) is 18.6 Å². The van der Waals surface area contributed by atoms with Crippen molar-refractivity contribution in [3.8, 4) is 0 Å². The van der Waals surface area contributed by atoms with Crippen molar-refractivity contribution in [2.75, 3.05) is 12.8 Å². The van der Waals surface area contributed by atoms with Gasteiger partial charge in [0, 0.05) is 11.3 Å².